The van der Waals surface area contributed by atoms with Gasteiger partial charge < -0.3 is 11.1 Å². The van der Waals surface area contributed by atoms with Crippen LogP contribution in [0.4, 0.5) is 0 Å². The molecule has 0 aromatic heterocycles. The largest absolute Gasteiger partial charge is 0.353 e. The van der Waals surface area contributed by atoms with Gasteiger partial charge in [0, 0.05) is 12.0 Å². The van der Waals surface area contributed by atoms with Crippen molar-refractivity contribution in [3.8, 4) is 0 Å². The van der Waals surface area contributed by atoms with Gasteiger partial charge >= 0.3 is 0 Å². The SMILES string of the molecule is CCCC(CCC)C(=O)NC1CCCCC1CN. The minimum absolute atomic E-state index is 0.209. The first kappa shape index (κ1) is 15.5. The molecule has 0 spiro atoms. The van der Waals surface area contributed by atoms with Crippen molar-refractivity contribution in [1.82, 2.24) is 5.32 Å². The maximum atomic E-state index is 12.3. The Kier molecular flexibility index (Phi) is 7.33. The Labute approximate surface area is 112 Å². The monoisotopic (exact) mass is 254 g/mol. The molecule has 3 heteroatoms. The number of hydrogen-bond acceptors (Lipinski definition) is 2. The lowest BCUT2D eigenvalue weighted by molar-refractivity contribution is -0.126. The lowest BCUT2D eigenvalue weighted by Crippen LogP contribution is -2.46. The summed E-state index contributed by atoms with van der Waals surface area (Å²) in [4.78, 5) is 12.3. The van der Waals surface area contributed by atoms with Gasteiger partial charge in [0.25, 0.3) is 0 Å². The Morgan fingerprint density at radius 1 is 1.22 bits per heavy atom. The summed E-state index contributed by atoms with van der Waals surface area (Å²) in [6.07, 6.45) is 8.98. The minimum atomic E-state index is 0.209. The first-order valence-electron chi connectivity index (χ1n) is 7.73. The van der Waals surface area contributed by atoms with Crippen molar-refractivity contribution in [2.45, 2.75) is 71.3 Å². The van der Waals surface area contributed by atoms with E-state index in [4.69, 9.17) is 5.73 Å². The van der Waals surface area contributed by atoms with Gasteiger partial charge in [0.15, 0.2) is 0 Å². The molecular weight excluding hydrogens is 224 g/mol. The Morgan fingerprint density at radius 2 is 1.83 bits per heavy atom. The molecule has 1 aliphatic rings. The van der Waals surface area contributed by atoms with Crippen molar-refractivity contribution >= 4 is 5.91 Å². The zero-order valence-corrected chi connectivity index (χ0v) is 12.1. The van der Waals surface area contributed by atoms with Crippen molar-refractivity contribution in [3.63, 3.8) is 0 Å². The minimum Gasteiger partial charge on any atom is -0.353 e. The van der Waals surface area contributed by atoms with Gasteiger partial charge in [-0.3, -0.25) is 4.79 Å². The third-order valence-corrected chi connectivity index (χ3v) is 4.18. The molecule has 18 heavy (non-hydrogen) atoms. The van der Waals surface area contributed by atoms with E-state index in [1.807, 2.05) is 0 Å². The summed E-state index contributed by atoms with van der Waals surface area (Å²) in [6.45, 7) is 5.01. The summed E-state index contributed by atoms with van der Waals surface area (Å²) in [6, 6.07) is 0.326. The number of rotatable bonds is 7. The predicted molar refractivity (Wildman–Crippen MR) is 76.2 cm³/mol. The average Bonchev–Trinajstić information content (AvgIpc) is 2.39. The van der Waals surface area contributed by atoms with Gasteiger partial charge in [-0.2, -0.15) is 0 Å². The molecule has 0 bridgehead atoms. The summed E-state index contributed by atoms with van der Waals surface area (Å²) < 4.78 is 0. The lowest BCUT2D eigenvalue weighted by atomic mass is 9.84. The molecule has 1 saturated carbocycles. The van der Waals surface area contributed by atoms with Crippen molar-refractivity contribution < 1.29 is 4.79 Å². The summed E-state index contributed by atoms with van der Waals surface area (Å²) in [5, 5.41) is 3.27. The summed E-state index contributed by atoms with van der Waals surface area (Å²) in [7, 11) is 0. The molecule has 2 unspecified atom stereocenters. The van der Waals surface area contributed by atoms with E-state index in [0.29, 0.717) is 18.5 Å². The van der Waals surface area contributed by atoms with E-state index < -0.39 is 0 Å². The van der Waals surface area contributed by atoms with Crippen LogP contribution in [0.5, 0.6) is 0 Å². The van der Waals surface area contributed by atoms with Gasteiger partial charge in [0.05, 0.1) is 0 Å². The van der Waals surface area contributed by atoms with Crippen LogP contribution in [0.1, 0.15) is 65.2 Å². The van der Waals surface area contributed by atoms with Crippen LogP contribution in [0.3, 0.4) is 0 Å². The van der Waals surface area contributed by atoms with Crippen LogP contribution in [0.25, 0.3) is 0 Å². The Bertz CT molecular complexity index is 237. The van der Waals surface area contributed by atoms with Crippen molar-refractivity contribution in [3.05, 3.63) is 0 Å². The lowest BCUT2D eigenvalue weighted by Gasteiger charge is -2.32. The van der Waals surface area contributed by atoms with Gasteiger partial charge in [0.2, 0.25) is 5.91 Å². The Hall–Kier alpha value is -0.570. The third-order valence-electron chi connectivity index (χ3n) is 4.18. The first-order valence-corrected chi connectivity index (χ1v) is 7.73. The number of nitrogens with two attached hydrogens (primary N) is 1. The maximum absolute atomic E-state index is 12.3. The van der Waals surface area contributed by atoms with Gasteiger partial charge in [-0.05, 0) is 38.1 Å². The summed E-state index contributed by atoms with van der Waals surface area (Å²) >= 11 is 0. The van der Waals surface area contributed by atoms with E-state index in [0.717, 1.165) is 32.1 Å². The molecule has 0 radical (unpaired) electrons. The fraction of sp³-hybridized carbons (Fsp3) is 0.933. The number of carbonyl (C=O) groups is 1. The molecule has 0 aliphatic heterocycles. The van der Waals surface area contributed by atoms with Gasteiger partial charge in [-0.25, -0.2) is 0 Å². The van der Waals surface area contributed by atoms with Crippen LogP contribution in [-0.2, 0) is 4.79 Å². The molecule has 3 nitrogen and oxygen atoms in total. The zero-order valence-electron chi connectivity index (χ0n) is 12.1. The van der Waals surface area contributed by atoms with E-state index >= 15 is 0 Å². The molecule has 2 atom stereocenters. The second-order valence-corrected chi connectivity index (χ2v) is 5.67. The Morgan fingerprint density at radius 3 is 2.39 bits per heavy atom. The van der Waals surface area contributed by atoms with Crippen LogP contribution >= 0.6 is 0 Å². The Balaban J connectivity index is 2.49. The fourth-order valence-corrected chi connectivity index (χ4v) is 3.08. The molecule has 1 fully saturated rings. The zero-order chi connectivity index (χ0) is 13.4. The van der Waals surface area contributed by atoms with Crippen LogP contribution in [0, 0.1) is 11.8 Å². The molecule has 0 heterocycles. The molecule has 1 rings (SSSR count). The second-order valence-electron chi connectivity index (χ2n) is 5.67. The fourth-order valence-electron chi connectivity index (χ4n) is 3.08. The van der Waals surface area contributed by atoms with Crippen LogP contribution in [0.2, 0.25) is 0 Å². The van der Waals surface area contributed by atoms with E-state index in [9.17, 15) is 4.79 Å². The van der Waals surface area contributed by atoms with Gasteiger partial charge in [0.1, 0.15) is 0 Å². The number of hydrogen-bond donors (Lipinski definition) is 2. The van der Waals surface area contributed by atoms with Crippen LogP contribution < -0.4 is 11.1 Å². The highest BCUT2D eigenvalue weighted by Gasteiger charge is 2.27. The smallest absolute Gasteiger partial charge is 0.223 e. The molecule has 1 aliphatic carbocycles. The highest BCUT2D eigenvalue weighted by atomic mass is 16.1. The topological polar surface area (TPSA) is 55.1 Å². The molecular formula is C15H30N2O. The molecule has 0 saturated heterocycles. The van der Waals surface area contributed by atoms with Crippen LogP contribution in [-0.4, -0.2) is 18.5 Å². The van der Waals surface area contributed by atoms with E-state index in [2.05, 4.69) is 19.2 Å². The van der Waals surface area contributed by atoms with E-state index in [1.54, 1.807) is 0 Å². The number of carbonyl (C=O) groups excluding carboxylic acids is 1. The highest BCUT2D eigenvalue weighted by Crippen LogP contribution is 2.24. The van der Waals surface area contributed by atoms with Crippen molar-refractivity contribution in [2.75, 3.05) is 6.54 Å². The van der Waals surface area contributed by atoms with Crippen LogP contribution in [0.15, 0.2) is 0 Å². The molecule has 0 aromatic carbocycles. The summed E-state index contributed by atoms with van der Waals surface area (Å²) in [5.41, 5.74) is 5.81. The average molecular weight is 254 g/mol. The van der Waals surface area contributed by atoms with Crippen molar-refractivity contribution in [2.24, 2.45) is 17.6 Å². The van der Waals surface area contributed by atoms with Gasteiger partial charge in [-0.1, -0.05) is 39.5 Å². The second kappa shape index (κ2) is 8.52. The highest BCUT2D eigenvalue weighted by molar-refractivity contribution is 5.78. The first-order chi connectivity index (χ1) is 8.72. The number of amides is 1. The van der Waals surface area contributed by atoms with Gasteiger partial charge in [-0.15, -0.1) is 0 Å². The number of nitrogens with one attached hydrogen (secondary N) is 1. The van der Waals surface area contributed by atoms with Crippen molar-refractivity contribution in [1.29, 1.82) is 0 Å². The quantitative estimate of drug-likeness (QED) is 0.734. The predicted octanol–water partition coefficient (Wildman–Crippen LogP) is 2.84. The molecule has 1 amide bonds. The maximum Gasteiger partial charge on any atom is 0.223 e. The molecule has 106 valence electrons. The third kappa shape index (κ3) is 4.60. The van der Waals surface area contributed by atoms with E-state index in [1.165, 1.54) is 19.3 Å². The van der Waals surface area contributed by atoms with E-state index in [-0.39, 0.29) is 11.8 Å². The molecule has 3 N–H and O–H groups in total. The normalized spacial score (nSPS) is 24.2. The standard InChI is InChI=1S/C15H30N2O/c1-3-7-12(8-4-2)15(18)17-14-10-6-5-9-13(14)11-16/h12-14H,3-11,16H2,1-2H3,(H,17,18). The molecule has 0 aromatic rings. The summed E-state index contributed by atoms with van der Waals surface area (Å²) in [5.74, 6) is 0.969.